The predicted molar refractivity (Wildman–Crippen MR) is 182 cm³/mol. The molecule has 248 valence electrons. The van der Waals surface area contributed by atoms with Crippen molar-refractivity contribution in [3.63, 3.8) is 0 Å². The van der Waals surface area contributed by atoms with Gasteiger partial charge >= 0.3 is 0 Å². The Labute approximate surface area is 269 Å². The lowest BCUT2D eigenvalue weighted by Gasteiger charge is -2.28. The van der Waals surface area contributed by atoms with Crippen LogP contribution in [0.4, 0.5) is 4.39 Å². The zero-order valence-corrected chi connectivity index (χ0v) is 28.3. The van der Waals surface area contributed by atoms with Gasteiger partial charge in [-0.1, -0.05) is 51.8 Å². The number of primary amides is 1. The van der Waals surface area contributed by atoms with Gasteiger partial charge in [-0.2, -0.15) is 4.39 Å². The molecule has 0 unspecified atom stereocenters. The van der Waals surface area contributed by atoms with Crippen LogP contribution in [0.15, 0.2) is 30.3 Å². The Bertz CT molecular complexity index is 1320. The van der Waals surface area contributed by atoms with Gasteiger partial charge in [-0.15, -0.1) is 12.8 Å². The molecule has 9 heteroatoms. The molecule has 0 atom stereocenters. The number of ether oxygens (including phenoxy) is 1. The van der Waals surface area contributed by atoms with Crippen molar-refractivity contribution < 1.29 is 18.7 Å². The van der Waals surface area contributed by atoms with E-state index in [-0.39, 0.29) is 11.6 Å². The van der Waals surface area contributed by atoms with Crippen LogP contribution in [0.5, 0.6) is 5.88 Å². The molecule has 1 aliphatic heterocycles. The Morgan fingerprint density at radius 2 is 1.64 bits per heavy atom. The number of terminal acetylenes is 1. The fraction of sp³-hybridized carbons (Fsp3) is 0.556. The summed E-state index contributed by atoms with van der Waals surface area (Å²) in [4.78, 5) is 34.6. The van der Waals surface area contributed by atoms with Crippen molar-refractivity contribution in [2.75, 3.05) is 27.2 Å². The van der Waals surface area contributed by atoms with E-state index in [1.54, 1.807) is 0 Å². The first-order valence-corrected chi connectivity index (χ1v) is 16.1. The number of rotatable bonds is 10. The van der Waals surface area contributed by atoms with E-state index in [0.717, 1.165) is 42.0 Å². The fourth-order valence-corrected chi connectivity index (χ4v) is 5.03. The van der Waals surface area contributed by atoms with Crippen LogP contribution in [0, 0.1) is 24.2 Å². The molecule has 0 bridgehead atoms. The van der Waals surface area contributed by atoms with Crippen LogP contribution < -0.4 is 10.5 Å². The number of hydrogen-bond donors (Lipinski definition) is 2. The number of halogens is 1. The monoisotopic (exact) mass is 623 g/mol. The first-order chi connectivity index (χ1) is 21.7. The number of carbonyl (C=O) groups is 2. The number of carbonyl (C=O) groups excluding carboxylic acids is 2. The number of pyridine rings is 1. The average molecular weight is 624 g/mol. The second-order valence-electron chi connectivity index (χ2n) is 11.3. The van der Waals surface area contributed by atoms with Crippen LogP contribution in [0.2, 0.25) is 0 Å². The third-order valence-corrected chi connectivity index (χ3v) is 7.86. The number of nitrogens with two attached hydrogens (primary N) is 1. The summed E-state index contributed by atoms with van der Waals surface area (Å²) in [5.74, 6) is 0.484. The largest absolute Gasteiger partial charge is 0.480 e. The molecule has 8 nitrogen and oxygen atoms in total. The average Bonchev–Trinajstić information content (AvgIpc) is 3.72. The normalized spacial score (nSPS) is 14.2. The Kier molecular flexibility index (Phi) is 18.4. The van der Waals surface area contributed by atoms with Gasteiger partial charge in [-0.05, 0) is 76.2 Å². The predicted octanol–water partition coefficient (Wildman–Crippen LogP) is 7.50. The van der Waals surface area contributed by atoms with E-state index in [1.807, 2.05) is 51.1 Å². The number of imidazole rings is 1. The summed E-state index contributed by atoms with van der Waals surface area (Å²) in [6.45, 7) is 9.89. The van der Waals surface area contributed by atoms with E-state index in [1.165, 1.54) is 52.8 Å². The number of H-pyrrole nitrogens is 1. The minimum absolute atomic E-state index is 0.235. The summed E-state index contributed by atoms with van der Waals surface area (Å²) in [6, 6.07) is 9.50. The zero-order chi connectivity index (χ0) is 33.8. The Hall–Kier alpha value is -3.77. The van der Waals surface area contributed by atoms with Gasteiger partial charge in [0.05, 0.1) is 18.2 Å². The number of fused-ring (bicyclic) bond motifs is 1. The minimum atomic E-state index is -0.473. The van der Waals surface area contributed by atoms with Gasteiger partial charge in [0, 0.05) is 31.6 Å². The van der Waals surface area contributed by atoms with Crippen LogP contribution in [-0.2, 0) is 16.0 Å². The van der Waals surface area contributed by atoms with E-state index in [2.05, 4.69) is 45.5 Å². The summed E-state index contributed by atoms with van der Waals surface area (Å²) < 4.78 is 19.9. The fourth-order valence-electron chi connectivity index (χ4n) is 5.03. The standard InChI is InChI=1S/C22H26FN3O2.C8H15N.C2H5NO.C2H6.C2H2/c1-3-16(27)11-6-4-5-7-13-19-25-20(21(23)26-19)17-14-15-10-8-9-12-18(15)24-22(17)28-2;1-9-6-4-8(2-3-8)5-7-9;1-2(3)4;2*1-2/h8-10,12,14H,3-7,11,13H2,1-2H3,(H,25,26);2-7H2,1H3;1H3,(H2,3,4);1-2H3;1-2H. The molecule has 0 radical (unpaired) electrons. The number of piperidine rings is 1. The lowest BCUT2D eigenvalue weighted by molar-refractivity contribution is -0.119. The van der Waals surface area contributed by atoms with E-state index >= 15 is 0 Å². The molecule has 3 heterocycles. The quantitative estimate of drug-likeness (QED) is 0.179. The van der Waals surface area contributed by atoms with Gasteiger partial charge in [0.1, 0.15) is 17.3 Å². The maximum atomic E-state index is 14.5. The van der Waals surface area contributed by atoms with Crippen LogP contribution in [-0.4, -0.2) is 58.8 Å². The van der Waals surface area contributed by atoms with E-state index in [4.69, 9.17) is 4.74 Å². The summed E-state index contributed by atoms with van der Waals surface area (Å²) in [5.41, 5.74) is 6.91. The second-order valence-corrected chi connectivity index (χ2v) is 11.3. The molecular formula is C36H54FN5O3. The van der Waals surface area contributed by atoms with Gasteiger partial charge in [-0.25, -0.2) is 9.97 Å². The van der Waals surface area contributed by atoms with Gasteiger partial charge < -0.3 is 20.4 Å². The molecule has 2 fully saturated rings. The number of benzene rings is 1. The van der Waals surface area contributed by atoms with Crippen molar-refractivity contribution in [1.82, 2.24) is 19.9 Å². The second kappa shape index (κ2) is 21.1. The number of para-hydroxylation sites is 1. The molecule has 45 heavy (non-hydrogen) atoms. The molecule has 2 aliphatic rings. The van der Waals surface area contributed by atoms with Crippen molar-refractivity contribution in [3.8, 4) is 30.0 Å². The number of nitrogens with zero attached hydrogens (tertiary/aromatic N) is 3. The van der Waals surface area contributed by atoms with Gasteiger partial charge in [0.25, 0.3) is 0 Å². The molecule has 1 amide bonds. The molecule has 1 spiro atoms. The van der Waals surface area contributed by atoms with Crippen molar-refractivity contribution in [2.24, 2.45) is 11.1 Å². The summed E-state index contributed by atoms with van der Waals surface area (Å²) >= 11 is 0. The molecule has 5 rings (SSSR count). The molecule has 1 saturated carbocycles. The summed E-state index contributed by atoms with van der Waals surface area (Å²) in [5, 5.41) is 0.906. The smallest absolute Gasteiger partial charge is 0.223 e. The van der Waals surface area contributed by atoms with E-state index in [9.17, 15) is 14.0 Å². The first-order valence-electron chi connectivity index (χ1n) is 16.1. The molecule has 2 aromatic heterocycles. The van der Waals surface area contributed by atoms with E-state index < -0.39 is 5.95 Å². The number of aromatic amines is 1. The number of likely N-dealkylation sites (tertiary alicyclic amines) is 1. The number of aromatic nitrogens is 3. The van der Waals surface area contributed by atoms with Gasteiger partial charge in [-0.3, -0.25) is 9.59 Å². The van der Waals surface area contributed by atoms with Crippen molar-refractivity contribution in [3.05, 3.63) is 42.1 Å². The number of hydrogen-bond acceptors (Lipinski definition) is 6. The van der Waals surface area contributed by atoms with Gasteiger partial charge in [0.2, 0.25) is 17.7 Å². The molecule has 1 saturated heterocycles. The third kappa shape index (κ3) is 13.8. The van der Waals surface area contributed by atoms with Crippen LogP contribution in [0.25, 0.3) is 22.2 Å². The molecular weight excluding hydrogens is 569 g/mol. The lowest BCUT2D eigenvalue weighted by Crippen LogP contribution is -2.30. The number of nitrogens with one attached hydrogen (secondary N) is 1. The maximum Gasteiger partial charge on any atom is 0.223 e. The Morgan fingerprint density at radius 3 is 2.22 bits per heavy atom. The molecule has 1 aromatic carbocycles. The number of unbranched alkanes of at least 4 members (excludes halogenated alkanes) is 3. The highest BCUT2D eigenvalue weighted by Gasteiger charge is 2.43. The number of methoxy groups -OCH3 is 1. The minimum Gasteiger partial charge on any atom is -0.480 e. The lowest BCUT2D eigenvalue weighted by atomic mass is 9.94. The number of amides is 1. The first kappa shape index (κ1) is 39.3. The molecule has 3 aromatic rings. The Balaban J connectivity index is 0.000000486. The molecule has 1 aliphatic carbocycles. The Morgan fingerprint density at radius 1 is 1.04 bits per heavy atom. The van der Waals surface area contributed by atoms with Crippen LogP contribution in [0.1, 0.15) is 97.7 Å². The number of ketones is 1. The van der Waals surface area contributed by atoms with Crippen molar-refractivity contribution >= 4 is 22.6 Å². The van der Waals surface area contributed by atoms with Crippen LogP contribution >= 0.6 is 0 Å². The number of aryl methyl sites for hydroxylation is 1. The molecule has 3 N–H and O–H groups in total. The van der Waals surface area contributed by atoms with Crippen molar-refractivity contribution in [2.45, 2.75) is 98.3 Å². The third-order valence-electron chi connectivity index (χ3n) is 7.86. The van der Waals surface area contributed by atoms with E-state index in [0.29, 0.717) is 42.3 Å². The topological polar surface area (TPSA) is 114 Å². The van der Waals surface area contributed by atoms with Crippen molar-refractivity contribution in [1.29, 1.82) is 0 Å². The SMILES string of the molecule is C#C.CC.CC(N)=O.CCC(=O)CCCCCCc1nc(-c2cc3ccccc3nc2OC)c(F)[nH]1.CN1CCC2(CC1)CC2. The maximum absolute atomic E-state index is 14.5. The zero-order valence-electron chi connectivity index (χ0n) is 28.3. The number of Topliss-reactive ketones (excluding diaryl/α,β-unsaturated/α-hetero) is 1. The van der Waals surface area contributed by atoms with Gasteiger partial charge in [0.15, 0.2) is 0 Å². The van der Waals surface area contributed by atoms with Crippen LogP contribution in [0.3, 0.4) is 0 Å². The highest BCUT2D eigenvalue weighted by molar-refractivity contribution is 5.85. The highest BCUT2D eigenvalue weighted by Crippen LogP contribution is 2.53. The summed E-state index contributed by atoms with van der Waals surface area (Å²) in [7, 11) is 3.75. The summed E-state index contributed by atoms with van der Waals surface area (Å²) in [6.07, 6.45) is 19.8. The highest BCUT2D eigenvalue weighted by atomic mass is 19.1.